The highest BCUT2D eigenvalue weighted by molar-refractivity contribution is 7.99. The molecule has 1 heterocycles. The zero-order valence-electron chi connectivity index (χ0n) is 21.5. The molecule has 4 heteroatoms. The van der Waals surface area contributed by atoms with Crippen LogP contribution in [-0.4, -0.2) is 24.2 Å². The molecule has 2 unspecified atom stereocenters. The topological polar surface area (TPSA) is 41.1 Å². The molecule has 0 bridgehead atoms. The summed E-state index contributed by atoms with van der Waals surface area (Å²) in [4.78, 5) is 12.4. The van der Waals surface area contributed by atoms with Gasteiger partial charge in [-0.05, 0) is 18.9 Å². The third-order valence-corrected chi connectivity index (χ3v) is 8.08. The smallest absolute Gasteiger partial charge is 0.238 e. The van der Waals surface area contributed by atoms with E-state index in [1.54, 1.807) is 0 Å². The van der Waals surface area contributed by atoms with Gasteiger partial charge in [0, 0.05) is 12.3 Å². The maximum Gasteiger partial charge on any atom is 0.238 e. The quantitative estimate of drug-likeness (QED) is 0.199. The summed E-state index contributed by atoms with van der Waals surface area (Å²) in [6, 6.07) is 8.54. The summed E-state index contributed by atoms with van der Waals surface area (Å²) in [5.74, 6) is 1.02. The van der Waals surface area contributed by atoms with Crippen molar-refractivity contribution < 1.29 is 4.79 Å². The molecule has 188 valence electrons. The Balaban J connectivity index is 1.34. The highest BCUT2D eigenvalue weighted by Gasteiger charge is 2.30. The fraction of sp³-hybridized carbons (Fsp3) is 0.759. The number of amides is 1. The van der Waals surface area contributed by atoms with Gasteiger partial charge in [0.2, 0.25) is 5.91 Å². The molecule has 1 fully saturated rings. The molecule has 1 aliphatic heterocycles. The van der Waals surface area contributed by atoms with E-state index >= 15 is 0 Å². The van der Waals surface area contributed by atoms with Gasteiger partial charge in [-0.15, -0.1) is 11.8 Å². The second-order valence-corrected chi connectivity index (χ2v) is 11.1. The summed E-state index contributed by atoms with van der Waals surface area (Å²) < 4.78 is 0. The number of aryl methyl sites for hydroxylation is 1. The molecule has 1 aromatic rings. The zero-order valence-corrected chi connectivity index (χ0v) is 22.3. The molecule has 3 nitrogen and oxygen atoms in total. The maximum atomic E-state index is 12.4. The van der Waals surface area contributed by atoms with Gasteiger partial charge in [-0.3, -0.25) is 10.1 Å². The number of hydrogen-bond acceptors (Lipinski definition) is 3. The lowest BCUT2D eigenvalue weighted by molar-refractivity contribution is -0.122. The largest absolute Gasteiger partial charge is 0.355 e. The molecule has 1 saturated heterocycles. The lowest BCUT2D eigenvalue weighted by Crippen LogP contribution is -2.42. The van der Waals surface area contributed by atoms with Crippen molar-refractivity contribution in [1.82, 2.24) is 10.6 Å². The van der Waals surface area contributed by atoms with Gasteiger partial charge in [-0.25, -0.2) is 0 Å². The Hall–Kier alpha value is -1.00. The number of thioether (sulfide) groups is 1. The van der Waals surface area contributed by atoms with Crippen LogP contribution in [0.5, 0.6) is 0 Å². The SMILES string of the molecule is CCCCCCCCCCCCCCCCCCNC(=O)C1CSC(c2ccc(C)cc2)N1. The second kappa shape index (κ2) is 18.3. The van der Waals surface area contributed by atoms with Gasteiger partial charge >= 0.3 is 0 Å². The van der Waals surface area contributed by atoms with Crippen molar-refractivity contribution in [2.24, 2.45) is 0 Å². The van der Waals surface area contributed by atoms with Crippen molar-refractivity contribution in [3.8, 4) is 0 Å². The number of rotatable bonds is 19. The molecule has 1 amide bonds. The van der Waals surface area contributed by atoms with Crippen molar-refractivity contribution in [1.29, 1.82) is 0 Å². The molecule has 0 aliphatic carbocycles. The van der Waals surface area contributed by atoms with Gasteiger partial charge in [0.1, 0.15) is 0 Å². The van der Waals surface area contributed by atoms with E-state index in [1.165, 1.54) is 107 Å². The second-order valence-electron chi connectivity index (χ2n) is 9.94. The molecule has 1 aliphatic rings. The van der Waals surface area contributed by atoms with Gasteiger partial charge in [0.05, 0.1) is 11.4 Å². The van der Waals surface area contributed by atoms with Crippen LogP contribution in [0.4, 0.5) is 0 Å². The molecule has 0 radical (unpaired) electrons. The third kappa shape index (κ3) is 12.9. The number of benzene rings is 1. The third-order valence-electron chi connectivity index (χ3n) is 6.81. The first-order valence-electron chi connectivity index (χ1n) is 13.9. The van der Waals surface area contributed by atoms with Crippen LogP contribution >= 0.6 is 11.8 Å². The molecule has 0 saturated carbocycles. The Morgan fingerprint density at radius 1 is 0.818 bits per heavy atom. The molecule has 2 atom stereocenters. The summed E-state index contributed by atoms with van der Waals surface area (Å²) in [6.45, 7) is 5.21. The van der Waals surface area contributed by atoms with Crippen LogP contribution < -0.4 is 10.6 Å². The standard InChI is InChI=1S/C29H50N2OS/c1-3-4-5-6-7-8-9-10-11-12-13-14-15-16-17-18-23-30-28(32)27-24-33-29(31-27)26-21-19-25(2)20-22-26/h19-22,27,29,31H,3-18,23-24H2,1-2H3,(H,30,32). The first-order valence-corrected chi connectivity index (χ1v) is 15.0. The van der Waals surface area contributed by atoms with Crippen molar-refractivity contribution in [2.75, 3.05) is 12.3 Å². The number of carbonyl (C=O) groups excluding carboxylic acids is 1. The molecule has 2 N–H and O–H groups in total. The minimum absolute atomic E-state index is 0.0673. The molecule has 0 spiro atoms. The maximum absolute atomic E-state index is 12.4. The van der Waals surface area contributed by atoms with Gasteiger partial charge < -0.3 is 5.32 Å². The van der Waals surface area contributed by atoms with Gasteiger partial charge in [0.15, 0.2) is 0 Å². The van der Waals surface area contributed by atoms with E-state index in [9.17, 15) is 4.79 Å². The number of hydrogen-bond donors (Lipinski definition) is 2. The zero-order chi connectivity index (χ0) is 23.6. The number of carbonyl (C=O) groups is 1. The number of nitrogens with one attached hydrogen (secondary N) is 2. The minimum atomic E-state index is -0.0673. The Morgan fingerprint density at radius 3 is 1.82 bits per heavy atom. The van der Waals surface area contributed by atoms with Gasteiger partial charge in [-0.1, -0.05) is 133 Å². The van der Waals surface area contributed by atoms with Crippen molar-refractivity contribution in [3.63, 3.8) is 0 Å². The summed E-state index contributed by atoms with van der Waals surface area (Å²) in [6.07, 6.45) is 22.1. The van der Waals surface area contributed by atoms with Crippen molar-refractivity contribution in [2.45, 2.75) is 128 Å². The normalized spacial score (nSPS) is 18.0. The minimum Gasteiger partial charge on any atom is -0.355 e. The Bertz CT molecular complexity index is 619. The van der Waals surface area contributed by atoms with Crippen LogP contribution in [0.15, 0.2) is 24.3 Å². The first-order chi connectivity index (χ1) is 16.2. The highest BCUT2D eigenvalue weighted by Crippen LogP contribution is 2.32. The first kappa shape index (κ1) is 28.2. The van der Waals surface area contributed by atoms with Crippen molar-refractivity contribution >= 4 is 17.7 Å². The highest BCUT2D eigenvalue weighted by atomic mass is 32.2. The molecular weight excluding hydrogens is 424 g/mol. The van der Waals surface area contributed by atoms with Crippen molar-refractivity contribution in [3.05, 3.63) is 35.4 Å². The van der Waals surface area contributed by atoms with E-state index in [4.69, 9.17) is 0 Å². The average Bonchev–Trinajstić information content (AvgIpc) is 3.32. The van der Waals surface area contributed by atoms with Crippen LogP contribution in [0.1, 0.15) is 126 Å². The van der Waals surface area contributed by atoms with Crippen LogP contribution in [0.25, 0.3) is 0 Å². The fourth-order valence-corrected chi connectivity index (χ4v) is 5.81. The average molecular weight is 475 g/mol. The van der Waals surface area contributed by atoms with Crippen LogP contribution in [0, 0.1) is 6.92 Å². The van der Waals surface area contributed by atoms with E-state index in [2.05, 4.69) is 48.7 Å². The van der Waals surface area contributed by atoms with Crippen LogP contribution in [-0.2, 0) is 4.79 Å². The predicted molar refractivity (Wildman–Crippen MR) is 146 cm³/mol. The lowest BCUT2D eigenvalue weighted by atomic mass is 10.0. The van der Waals surface area contributed by atoms with Gasteiger partial charge in [0.25, 0.3) is 0 Å². The molecule has 2 rings (SSSR count). The summed E-state index contributed by atoms with van der Waals surface area (Å²) in [5, 5.41) is 6.86. The van der Waals surface area contributed by atoms with E-state index in [1.807, 2.05) is 11.8 Å². The summed E-state index contributed by atoms with van der Waals surface area (Å²) in [7, 11) is 0. The lowest BCUT2D eigenvalue weighted by Gasteiger charge is -2.14. The fourth-order valence-electron chi connectivity index (χ4n) is 4.56. The Kier molecular flexibility index (Phi) is 15.7. The number of unbranched alkanes of at least 4 members (excludes halogenated alkanes) is 15. The van der Waals surface area contributed by atoms with E-state index in [0.29, 0.717) is 0 Å². The Labute approximate surface area is 208 Å². The van der Waals surface area contributed by atoms with E-state index in [0.717, 1.165) is 18.7 Å². The summed E-state index contributed by atoms with van der Waals surface area (Å²) in [5.41, 5.74) is 2.54. The molecule has 1 aromatic carbocycles. The molecule has 33 heavy (non-hydrogen) atoms. The Morgan fingerprint density at radius 2 is 1.30 bits per heavy atom. The molecular formula is C29H50N2OS. The monoisotopic (exact) mass is 474 g/mol. The van der Waals surface area contributed by atoms with E-state index in [-0.39, 0.29) is 17.3 Å². The predicted octanol–water partition coefficient (Wildman–Crippen LogP) is 8.08. The molecule has 0 aromatic heterocycles. The van der Waals surface area contributed by atoms with Crippen LogP contribution in [0.3, 0.4) is 0 Å². The van der Waals surface area contributed by atoms with Gasteiger partial charge in [-0.2, -0.15) is 0 Å². The summed E-state index contributed by atoms with van der Waals surface area (Å²) >= 11 is 1.83. The van der Waals surface area contributed by atoms with E-state index < -0.39 is 0 Å². The van der Waals surface area contributed by atoms with Crippen LogP contribution in [0.2, 0.25) is 0 Å².